The highest BCUT2D eigenvalue weighted by Gasteiger charge is 2.04. The third kappa shape index (κ3) is 4.39. The molecule has 0 fully saturated rings. The van der Waals surface area contributed by atoms with Gasteiger partial charge in [-0.25, -0.2) is 0 Å². The Balaban J connectivity index is 2.32. The van der Waals surface area contributed by atoms with Crippen LogP contribution in [0.1, 0.15) is 25.3 Å². The lowest BCUT2D eigenvalue weighted by Crippen LogP contribution is -2.16. The molecule has 0 aliphatic heterocycles. The van der Waals surface area contributed by atoms with Crippen molar-refractivity contribution in [1.82, 2.24) is 5.32 Å². The Hall–Kier alpha value is -0.770. The van der Waals surface area contributed by atoms with Crippen LogP contribution in [0.5, 0.6) is 5.75 Å². The molecule has 1 atom stereocenters. The molecule has 0 amide bonds. The van der Waals surface area contributed by atoms with Gasteiger partial charge in [0.1, 0.15) is 5.75 Å². The quantitative estimate of drug-likeness (QED) is 0.672. The molecule has 0 heterocycles. The number of phenolic OH excluding ortho intramolecular Hbond substituents is 1. The van der Waals surface area contributed by atoms with Crippen LogP contribution in [0.4, 0.5) is 0 Å². The Kier molecular flexibility index (Phi) is 5.60. The van der Waals surface area contributed by atoms with Crippen molar-refractivity contribution in [2.45, 2.75) is 32.4 Å². The van der Waals surface area contributed by atoms with E-state index in [1.165, 1.54) is 0 Å². The van der Waals surface area contributed by atoms with Crippen molar-refractivity contribution in [3.05, 3.63) is 28.8 Å². The molecule has 0 radical (unpaired) electrons. The fraction of sp³-hybridized carbons (Fsp3) is 0.500. The number of phenols is 1. The molecule has 3 N–H and O–H groups in total. The Labute approximate surface area is 101 Å². The second-order valence-corrected chi connectivity index (χ2v) is 4.31. The standard InChI is InChI=1S/C12H18ClNO2/c1-9(15)4-3-7-14-8-10-11(13)5-2-6-12(10)16/h2,5-6,9,14-16H,3-4,7-8H2,1H3. The van der Waals surface area contributed by atoms with Crippen LogP contribution < -0.4 is 5.32 Å². The fourth-order valence-corrected chi connectivity index (χ4v) is 1.69. The molecule has 0 aromatic heterocycles. The summed E-state index contributed by atoms with van der Waals surface area (Å²) in [7, 11) is 0. The van der Waals surface area contributed by atoms with Crippen LogP contribution in [0.2, 0.25) is 5.02 Å². The third-order valence-electron chi connectivity index (χ3n) is 2.37. The molecule has 0 saturated heterocycles. The number of aliphatic hydroxyl groups is 1. The van der Waals surface area contributed by atoms with Crippen molar-refractivity contribution >= 4 is 11.6 Å². The predicted molar refractivity (Wildman–Crippen MR) is 65.7 cm³/mol. The largest absolute Gasteiger partial charge is 0.508 e. The van der Waals surface area contributed by atoms with Gasteiger partial charge in [-0.2, -0.15) is 0 Å². The van der Waals surface area contributed by atoms with Crippen molar-refractivity contribution < 1.29 is 10.2 Å². The summed E-state index contributed by atoms with van der Waals surface area (Å²) in [5.41, 5.74) is 0.723. The van der Waals surface area contributed by atoms with E-state index in [2.05, 4.69) is 5.32 Å². The number of aliphatic hydroxyl groups excluding tert-OH is 1. The van der Waals surface area contributed by atoms with Gasteiger partial charge >= 0.3 is 0 Å². The molecule has 1 rings (SSSR count). The molecule has 1 aromatic rings. The Morgan fingerprint density at radius 3 is 2.81 bits per heavy atom. The average Bonchev–Trinajstić information content (AvgIpc) is 2.21. The normalized spacial score (nSPS) is 12.7. The van der Waals surface area contributed by atoms with Gasteiger partial charge in [0.25, 0.3) is 0 Å². The number of aromatic hydroxyl groups is 1. The second-order valence-electron chi connectivity index (χ2n) is 3.91. The van der Waals surface area contributed by atoms with E-state index in [1.54, 1.807) is 25.1 Å². The fourth-order valence-electron chi connectivity index (χ4n) is 1.46. The maximum atomic E-state index is 9.57. The zero-order chi connectivity index (χ0) is 12.0. The van der Waals surface area contributed by atoms with E-state index in [1.807, 2.05) is 0 Å². The van der Waals surface area contributed by atoms with Crippen molar-refractivity contribution in [3.63, 3.8) is 0 Å². The molecule has 0 spiro atoms. The molecule has 0 aliphatic carbocycles. The molecule has 0 bridgehead atoms. The van der Waals surface area contributed by atoms with Gasteiger partial charge in [-0.1, -0.05) is 17.7 Å². The monoisotopic (exact) mass is 243 g/mol. The van der Waals surface area contributed by atoms with Crippen LogP contribution in [0, 0.1) is 0 Å². The smallest absolute Gasteiger partial charge is 0.121 e. The number of hydrogen-bond acceptors (Lipinski definition) is 3. The van der Waals surface area contributed by atoms with Gasteiger partial charge in [0.05, 0.1) is 6.10 Å². The highest BCUT2D eigenvalue weighted by molar-refractivity contribution is 6.31. The lowest BCUT2D eigenvalue weighted by molar-refractivity contribution is 0.181. The van der Waals surface area contributed by atoms with Gasteiger partial charge in [-0.05, 0) is 38.4 Å². The van der Waals surface area contributed by atoms with Crippen molar-refractivity contribution in [1.29, 1.82) is 0 Å². The molecule has 4 heteroatoms. The highest BCUT2D eigenvalue weighted by atomic mass is 35.5. The molecular formula is C12H18ClNO2. The van der Waals surface area contributed by atoms with Crippen molar-refractivity contribution in [3.8, 4) is 5.75 Å². The lowest BCUT2D eigenvalue weighted by Gasteiger charge is -2.09. The van der Waals surface area contributed by atoms with Gasteiger partial charge in [0.15, 0.2) is 0 Å². The summed E-state index contributed by atoms with van der Waals surface area (Å²) in [4.78, 5) is 0. The topological polar surface area (TPSA) is 52.5 Å². The first-order chi connectivity index (χ1) is 7.61. The van der Waals surface area contributed by atoms with Gasteiger partial charge in [-0.3, -0.25) is 0 Å². The summed E-state index contributed by atoms with van der Waals surface area (Å²) >= 11 is 5.95. The summed E-state index contributed by atoms with van der Waals surface area (Å²) in [5, 5.41) is 22.4. The third-order valence-corrected chi connectivity index (χ3v) is 2.73. The van der Waals surface area contributed by atoms with Crippen LogP contribution >= 0.6 is 11.6 Å². The minimum atomic E-state index is -0.254. The summed E-state index contributed by atoms with van der Waals surface area (Å²) in [6.45, 7) is 3.13. The van der Waals surface area contributed by atoms with Gasteiger partial charge in [-0.15, -0.1) is 0 Å². The van der Waals surface area contributed by atoms with Crippen molar-refractivity contribution in [2.24, 2.45) is 0 Å². The molecule has 0 aliphatic rings. The van der Waals surface area contributed by atoms with Crippen LogP contribution in [0.15, 0.2) is 18.2 Å². The van der Waals surface area contributed by atoms with E-state index in [9.17, 15) is 5.11 Å². The van der Waals surface area contributed by atoms with Gasteiger partial charge < -0.3 is 15.5 Å². The zero-order valence-electron chi connectivity index (χ0n) is 9.41. The van der Waals surface area contributed by atoms with E-state index in [0.29, 0.717) is 11.6 Å². The molecule has 3 nitrogen and oxygen atoms in total. The maximum absolute atomic E-state index is 9.57. The Morgan fingerprint density at radius 1 is 1.44 bits per heavy atom. The molecular weight excluding hydrogens is 226 g/mol. The zero-order valence-corrected chi connectivity index (χ0v) is 10.2. The van der Waals surface area contributed by atoms with Crippen molar-refractivity contribution in [2.75, 3.05) is 6.54 Å². The summed E-state index contributed by atoms with van der Waals surface area (Å²) < 4.78 is 0. The number of halogens is 1. The lowest BCUT2D eigenvalue weighted by atomic mass is 10.2. The van der Waals surface area contributed by atoms with Crippen LogP contribution in [0.25, 0.3) is 0 Å². The molecule has 1 unspecified atom stereocenters. The average molecular weight is 244 g/mol. The first-order valence-corrected chi connectivity index (χ1v) is 5.84. The number of nitrogens with one attached hydrogen (secondary N) is 1. The summed E-state index contributed by atoms with van der Waals surface area (Å²) in [6, 6.07) is 5.10. The maximum Gasteiger partial charge on any atom is 0.121 e. The SMILES string of the molecule is CC(O)CCCNCc1c(O)cccc1Cl. The van der Waals surface area contributed by atoms with Crippen LogP contribution in [0.3, 0.4) is 0 Å². The molecule has 16 heavy (non-hydrogen) atoms. The highest BCUT2D eigenvalue weighted by Crippen LogP contribution is 2.24. The number of benzene rings is 1. The predicted octanol–water partition coefficient (Wildman–Crippen LogP) is 2.30. The number of hydrogen-bond donors (Lipinski definition) is 3. The van der Waals surface area contributed by atoms with Crippen LogP contribution in [-0.2, 0) is 6.54 Å². The van der Waals surface area contributed by atoms with Gasteiger partial charge in [0.2, 0.25) is 0 Å². The molecule has 1 aromatic carbocycles. The minimum absolute atomic E-state index is 0.218. The minimum Gasteiger partial charge on any atom is -0.508 e. The van der Waals surface area contributed by atoms with Gasteiger partial charge in [0, 0.05) is 17.1 Å². The Morgan fingerprint density at radius 2 is 2.19 bits per heavy atom. The van der Waals surface area contributed by atoms with E-state index >= 15 is 0 Å². The first kappa shape index (κ1) is 13.3. The first-order valence-electron chi connectivity index (χ1n) is 5.46. The van der Waals surface area contributed by atoms with Crippen LogP contribution in [-0.4, -0.2) is 22.9 Å². The van der Waals surface area contributed by atoms with E-state index < -0.39 is 0 Å². The number of rotatable bonds is 6. The second kappa shape index (κ2) is 6.74. The molecule has 90 valence electrons. The summed E-state index contributed by atoms with van der Waals surface area (Å²) in [5.74, 6) is 0.218. The van der Waals surface area contributed by atoms with E-state index in [0.717, 1.165) is 24.9 Å². The Bertz CT molecular complexity index is 309. The van der Waals surface area contributed by atoms with E-state index in [-0.39, 0.29) is 11.9 Å². The van der Waals surface area contributed by atoms with E-state index in [4.69, 9.17) is 16.7 Å². The molecule has 0 saturated carbocycles. The summed E-state index contributed by atoms with van der Waals surface area (Å²) in [6.07, 6.45) is 1.43.